The van der Waals surface area contributed by atoms with E-state index in [1.54, 1.807) is 10.6 Å². The molecule has 0 fully saturated rings. The number of fused-ring (bicyclic) bond motifs is 1. The van der Waals surface area contributed by atoms with E-state index in [1.165, 1.54) is 0 Å². The summed E-state index contributed by atoms with van der Waals surface area (Å²) < 4.78 is 3.61. The Hall–Kier alpha value is -2.36. The van der Waals surface area contributed by atoms with E-state index >= 15 is 0 Å². The smallest absolute Gasteiger partial charge is 0.250 e. The Bertz CT molecular complexity index is 827. The Morgan fingerprint density at radius 2 is 1.85 bits per heavy atom. The van der Waals surface area contributed by atoms with Crippen LogP contribution in [0.5, 0.6) is 0 Å². The molecule has 2 heterocycles. The second-order valence-corrected chi connectivity index (χ2v) is 5.30. The van der Waals surface area contributed by atoms with Crippen LogP contribution in [-0.4, -0.2) is 14.3 Å². The zero-order valence-electron chi connectivity index (χ0n) is 11.9. The van der Waals surface area contributed by atoms with Crippen LogP contribution in [0, 0.1) is 0 Å². The monoisotopic (exact) mass is 267 g/mol. The lowest BCUT2D eigenvalue weighted by atomic mass is 10.1. The number of nitrogens with zero attached hydrogens (tertiary/aromatic N) is 3. The lowest BCUT2D eigenvalue weighted by molar-refractivity contribution is 0.579. The van der Waals surface area contributed by atoms with Crippen molar-refractivity contribution in [3.05, 3.63) is 53.1 Å². The third-order valence-electron chi connectivity index (χ3n) is 3.57. The summed E-state index contributed by atoms with van der Waals surface area (Å²) in [6.45, 7) is 4.02. The molecule has 4 nitrogen and oxygen atoms in total. The minimum absolute atomic E-state index is 0.0335. The van der Waals surface area contributed by atoms with Crippen LogP contribution >= 0.6 is 0 Å². The van der Waals surface area contributed by atoms with Gasteiger partial charge < -0.3 is 4.57 Å². The molecule has 0 N–H and O–H groups in total. The first-order valence-electron chi connectivity index (χ1n) is 6.70. The van der Waals surface area contributed by atoms with E-state index in [0.717, 1.165) is 22.0 Å². The van der Waals surface area contributed by atoms with Crippen LogP contribution in [0.1, 0.15) is 19.9 Å². The SMILES string of the molecule is CC(C)n1cc(-c2ccc3c(cnn3C)c2)ccc1=O. The molecule has 3 rings (SSSR count). The van der Waals surface area contributed by atoms with Crippen molar-refractivity contribution in [1.82, 2.24) is 14.3 Å². The van der Waals surface area contributed by atoms with Crippen molar-refractivity contribution < 1.29 is 0 Å². The van der Waals surface area contributed by atoms with E-state index in [0.29, 0.717) is 0 Å². The Morgan fingerprint density at radius 1 is 1.10 bits per heavy atom. The molecular weight excluding hydrogens is 250 g/mol. The standard InChI is InChI=1S/C16H17N3O/c1-11(2)19-10-13(5-7-16(19)20)12-4-6-15-14(8-12)9-17-18(15)3/h4-11H,1-3H3. The number of pyridine rings is 1. The summed E-state index contributed by atoms with van der Waals surface area (Å²) in [5.74, 6) is 0. The average Bonchev–Trinajstić information content (AvgIpc) is 2.80. The molecule has 102 valence electrons. The summed E-state index contributed by atoms with van der Waals surface area (Å²) in [4.78, 5) is 11.8. The van der Waals surface area contributed by atoms with Crippen molar-refractivity contribution in [2.75, 3.05) is 0 Å². The van der Waals surface area contributed by atoms with Crippen LogP contribution < -0.4 is 5.56 Å². The second-order valence-electron chi connectivity index (χ2n) is 5.30. The first-order chi connectivity index (χ1) is 9.56. The highest BCUT2D eigenvalue weighted by molar-refractivity contribution is 5.84. The van der Waals surface area contributed by atoms with Gasteiger partial charge in [-0.15, -0.1) is 0 Å². The Morgan fingerprint density at radius 3 is 2.60 bits per heavy atom. The molecule has 0 spiro atoms. The second kappa shape index (κ2) is 4.63. The first-order valence-corrected chi connectivity index (χ1v) is 6.70. The Labute approximate surface area is 117 Å². The fourth-order valence-electron chi connectivity index (χ4n) is 2.42. The van der Waals surface area contributed by atoms with Gasteiger partial charge >= 0.3 is 0 Å². The molecular formula is C16H17N3O. The molecule has 0 bridgehead atoms. The van der Waals surface area contributed by atoms with Gasteiger partial charge in [-0.1, -0.05) is 6.07 Å². The number of rotatable bonds is 2. The highest BCUT2D eigenvalue weighted by Gasteiger charge is 2.06. The van der Waals surface area contributed by atoms with E-state index in [9.17, 15) is 4.79 Å². The molecule has 4 heteroatoms. The number of aromatic nitrogens is 3. The number of hydrogen-bond acceptors (Lipinski definition) is 2. The van der Waals surface area contributed by atoms with Gasteiger partial charge in [-0.25, -0.2) is 0 Å². The summed E-state index contributed by atoms with van der Waals surface area (Å²) in [6.07, 6.45) is 3.78. The minimum atomic E-state index is 0.0335. The predicted octanol–water partition coefficient (Wildman–Crippen LogP) is 2.98. The molecule has 0 atom stereocenters. The van der Waals surface area contributed by atoms with Crippen molar-refractivity contribution in [3.63, 3.8) is 0 Å². The van der Waals surface area contributed by atoms with Gasteiger partial charge in [0.15, 0.2) is 0 Å². The highest BCUT2D eigenvalue weighted by atomic mass is 16.1. The van der Waals surface area contributed by atoms with Crippen LogP contribution in [0.4, 0.5) is 0 Å². The Balaban J connectivity index is 2.15. The number of hydrogen-bond donors (Lipinski definition) is 0. The van der Waals surface area contributed by atoms with Crippen LogP contribution in [0.15, 0.2) is 47.5 Å². The summed E-state index contributed by atoms with van der Waals surface area (Å²) >= 11 is 0. The maximum absolute atomic E-state index is 11.8. The third kappa shape index (κ3) is 2.03. The molecule has 0 saturated carbocycles. The molecule has 2 aromatic heterocycles. The van der Waals surface area contributed by atoms with Gasteiger partial charge in [-0.05, 0) is 43.2 Å². The zero-order valence-corrected chi connectivity index (χ0v) is 11.9. The number of benzene rings is 1. The lowest BCUT2D eigenvalue weighted by Crippen LogP contribution is -2.20. The maximum Gasteiger partial charge on any atom is 0.250 e. The molecule has 0 amide bonds. The summed E-state index contributed by atoms with van der Waals surface area (Å²) in [5.41, 5.74) is 3.28. The quantitative estimate of drug-likeness (QED) is 0.716. The van der Waals surface area contributed by atoms with Gasteiger partial charge in [-0.2, -0.15) is 5.10 Å². The van der Waals surface area contributed by atoms with E-state index in [4.69, 9.17) is 0 Å². The predicted molar refractivity (Wildman–Crippen MR) is 80.8 cm³/mol. The molecule has 0 saturated heterocycles. The molecule has 0 radical (unpaired) electrons. The van der Waals surface area contributed by atoms with Crippen LogP contribution in [0.2, 0.25) is 0 Å². The van der Waals surface area contributed by atoms with Crippen molar-refractivity contribution in [3.8, 4) is 11.1 Å². The zero-order chi connectivity index (χ0) is 14.3. The largest absolute Gasteiger partial charge is 0.312 e. The molecule has 0 aliphatic rings. The van der Waals surface area contributed by atoms with Gasteiger partial charge in [0.25, 0.3) is 5.56 Å². The first kappa shape index (κ1) is 12.7. The van der Waals surface area contributed by atoms with Crippen LogP contribution in [-0.2, 0) is 7.05 Å². The lowest BCUT2D eigenvalue weighted by Gasteiger charge is -2.11. The van der Waals surface area contributed by atoms with Gasteiger partial charge in [-0.3, -0.25) is 9.48 Å². The molecule has 0 unspecified atom stereocenters. The number of aryl methyl sites for hydroxylation is 1. The van der Waals surface area contributed by atoms with Crippen molar-refractivity contribution >= 4 is 10.9 Å². The molecule has 0 aliphatic carbocycles. The van der Waals surface area contributed by atoms with Crippen molar-refractivity contribution in [2.24, 2.45) is 7.05 Å². The van der Waals surface area contributed by atoms with E-state index in [-0.39, 0.29) is 11.6 Å². The molecule has 0 aliphatic heterocycles. The normalized spacial score (nSPS) is 11.4. The topological polar surface area (TPSA) is 39.8 Å². The Kier molecular flexibility index (Phi) is 2.93. The van der Waals surface area contributed by atoms with Crippen LogP contribution in [0.3, 0.4) is 0 Å². The van der Waals surface area contributed by atoms with Gasteiger partial charge in [0.1, 0.15) is 0 Å². The van der Waals surface area contributed by atoms with Crippen molar-refractivity contribution in [2.45, 2.75) is 19.9 Å². The fourth-order valence-corrected chi connectivity index (χ4v) is 2.42. The minimum Gasteiger partial charge on any atom is -0.312 e. The van der Waals surface area contributed by atoms with Gasteiger partial charge in [0.2, 0.25) is 0 Å². The summed E-state index contributed by atoms with van der Waals surface area (Å²) in [7, 11) is 1.93. The highest BCUT2D eigenvalue weighted by Crippen LogP contribution is 2.23. The molecule has 1 aromatic carbocycles. The van der Waals surface area contributed by atoms with E-state index in [1.807, 2.05) is 44.0 Å². The molecule has 3 aromatic rings. The van der Waals surface area contributed by atoms with Gasteiger partial charge in [0, 0.05) is 30.7 Å². The third-order valence-corrected chi connectivity index (χ3v) is 3.57. The maximum atomic E-state index is 11.8. The summed E-state index contributed by atoms with van der Waals surface area (Å²) in [5, 5.41) is 5.36. The summed E-state index contributed by atoms with van der Waals surface area (Å²) in [6, 6.07) is 9.88. The van der Waals surface area contributed by atoms with Gasteiger partial charge in [0.05, 0.1) is 11.7 Å². The van der Waals surface area contributed by atoms with E-state index < -0.39 is 0 Å². The molecule has 20 heavy (non-hydrogen) atoms. The van der Waals surface area contributed by atoms with E-state index in [2.05, 4.69) is 23.3 Å². The van der Waals surface area contributed by atoms with Crippen LogP contribution in [0.25, 0.3) is 22.0 Å². The van der Waals surface area contributed by atoms with Crippen molar-refractivity contribution in [1.29, 1.82) is 0 Å². The fraction of sp³-hybridized carbons (Fsp3) is 0.250. The average molecular weight is 267 g/mol.